The zero-order chi connectivity index (χ0) is 13.4. The molecule has 0 spiro atoms. The molecule has 102 valence electrons. The van der Waals surface area contributed by atoms with Gasteiger partial charge in [-0.2, -0.15) is 11.8 Å². The van der Waals surface area contributed by atoms with Gasteiger partial charge in [0.05, 0.1) is 18.1 Å². The molecular formula is C13H16FN3OS. The van der Waals surface area contributed by atoms with E-state index in [1.165, 1.54) is 25.3 Å². The average Bonchev–Trinajstić information content (AvgIpc) is 2.73. The molecule has 1 saturated heterocycles. The molecule has 3 rings (SSSR count). The van der Waals surface area contributed by atoms with Crippen molar-refractivity contribution in [2.75, 3.05) is 24.3 Å². The lowest BCUT2D eigenvalue weighted by molar-refractivity contribution is 0.387. The smallest absolute Gasteiger partial charge is 0.201 e. The first-order valence-corrected chi connectivity index (χ1v) is 7.45. The molecule has 1 atom stereocenters. The Morgan fingerprint density at radius 2 is 2.37 bits per heavy atom. The molecule has 2 N–H and O–H groups in total. The molecule has 0 bridgehead atoms. The summed E-state index contributed by atoms with van der Waals surface area (Å²) in [5.41, 5.74) is 7.44. The van der Waals surface area contributed by atoms with Gasteiger partial charge < -0.3 is 15.0 Å². The standard InChI is InChI=1S/C13H16FN3OS/c1-18-12-6-11-10(5-9(12)14)16-13(15)17(11)8-3-2-4-19-7-8/h5-6,8H,2-4,7H2,1H3,(H2,15,16). The number of anilines is 1. The van der Waals surface area contributed by atoms with Crippen LogP contribution in [-0.4, -0.2) is 28.2 Å². The molecule has 0 amide bonds. The van der Waals surface area contributed by atoms with Crippen molar-refractivity contribution in [3.8, 4) is 5.75 Å². The van der Waals surface area contributed by atoms with Crippen LogP contribution in [0.5, 0.6) is 5.75 Å². The topological polar surface area (TPSA) is 53.1 Å². The molecule has 4 nitrogen and oxygen atoms in total. The molecule has 1 aromatic heterocycles. The van der Waals surface area contributed by atoms with Crippen LogP contribution in [0, 0.1) is 5.82 Å². The third-order valence-electron chi connectivity index (χ3n) is 3.49. The van der Waals surface area contributed by atoms with E-state index in [0.29, 0.717) is 17.5 Å². The first kappa shape index (κ1) is 12.6. The van der Waals surface area contributed by atoms with Crippen LogP contribution in [0.3, 0.4) is 0 Å². The summed E-state index contributed by atoms with van der Waals surface area (Å²) in [6, 6.07) is 3.41. The van der Waals surface area contributed by atoms with Crippen LogP contribution in [0.15, 0.2) is 12.1 Å². The Labute approximate surface area is 115 Å². The van der Waals surface area contributed by atoms with Crippen molar-refractivity contribution in [1.82, 2.24) is 9.55 Å². The van der Waals surface area contributed by atoms with Gasteiger partial charge >= 0.3 is 0 Å². The molecule has 1 aromatic carbocycles. The maximum Gasteiger partial charge on any atom is 0.201 e. The number of imidazole rings is 1. The fraction of sp³-hybridized carbons (Fsp3) is 0.462. The van der Waals surface area contributed by atoms with Gasteiger partial charge in [0.2, 0.25) is 5.95 Å². The molecule has 2 aromatic rings. The lowest BCUT2D eigenvalue weighted by Gasteiger charge is -2.24. The Bertz CT molecular complexity index is 607. The lowest BCUT2D eigenvalue weighted by Crippen LogP contribution is -2.17. The molecule has 0 radical (unpaired) electrons. The number of nitrogens with zero attached hydrogens (tertiary/aromatic N) is 2. The van der Waals surface area contributed by atoms with E-state index < -0.39 is 5.82 Å². The molecule has 1 unspecified atom stereocenters. The SMILES string of the molecule is COc1cc2c(cc1F)nc(N)n2C1CCCSC1. The van der Waals surface area contributed by atoms with Gasteiger partial charge in [-0.1, -0.05) is 0 Å². The molecule has 0 aliphatic carbocycles. The number of halogens is 1. The Morgan fingerprint density at radius 3 is 3.05 bits per heavy atom. The van der Waals surface area contributed by atoms with Gasteiger partial charge in [0.1, 0.15) is 0 Å². The van der Waals surface area contributed by atoms with E-state index in [0.717, 1.165) is 17.7 Å². The zero-order valence-corrected chi connectivity index (χ0v) is 11.5. The van der Waals surface area contributed by atoms with Crippen molar-refractivity contribution in [1.29, 1.82) is 0 Å². The van der Waals surface area contributed by atoms with E-state index in [9.17, 15) is 4.39 Å². The third-order valence-corrected chi connectivity index (χ3v) is 4.69. The lowest BCUT2D eigenvalue weighted by atomic mass is 10.1. The van der Waals surface area contributed by atoms with E-state index in [4.69, 9.17) is 10.5 Å². The van der Waals surface area contributed by atoms with Gasteiger partial charge in [0.15, 0.2) is 11.6 Å². The highest BCUT2D eigenvalue weighted by Gasteiger charge is 2.21. The number of nitrogen functional groups attached to an aromatic ring is 1. The van der Waals surface area contributed by atoms with Crippen molar-refractivity contribution in [3.05, 3.63) is 17.9 Å². The zero-order valence-electron chi connectivity index (χ0n) is 10.7. The summed E-state index contributed by atoms with van der Waals surface area (Å²) < 4.78 is 20.7. The highest BCUT2D eigenvalue weighted by Crippen LogP contribution is 2.34. The number of aromatic nitrogens is 2. The van der Waals surface area contributed by atoms with Crippen molar-refractivity contribution in [2.24, 2.45) is 0 Å². The van der Waals surface area contributed by atoms with Crippen molar-refractivity contribution in [2.45, 2.75) is 18.9 Å². The first-order chi connectivity index (χ1) is 9.20. The van der Waals surface area contributed by atoms with Gasteiger partial charge in [0.25, 0.3) is 0 Å². The number of rotatable bonds is 2. The van der Waals surface area contributed by atoms with Gasteiger partial charge in [0, 0.05) is 23.9 Å². The van der Waals surface area contributed by atoms with Crippen molar-refractivity contribution < 1.29 is 9.13 Å². The molecular weight excluding hydrogens is 265 g/mol. The predicted octanol–water partition coefficient (Wildman–Crippen LogP) is 2.83. The fourth-order valence-corrected chi connectivity index (χ4v) is 3.71. The van der Waals surface area contributed by atoms with Crippen molar-refractivity contribution >= 4 is 28.7 Å². The summed E-state index contributed by atoms with van der Waals surface area (Å²) in [7, 11) is 1.46. The summed E-state index contributed by atoms with van der Waals surface area (Å²) in [4.78, 5) is 4.26. The van der Waals surface area contributed by atoms with E-state index in [1.54, 1.807) is 6.07 Å². The number of hydrogen-bond donors (Lipinski definition) is 1. The number of nitrogens with two attached hydrogens (primary N) is 1. The highest BCUT2D eigenvalue weighted by molar-refractivity contribution is 7.99. The normalized spacial score (nSPS) is 19.8. The molecule has 0 saturated carbocycles. The highest BCUT2D eigenvalue weighted by atomic mass is 32.2. The monoisotopic (exact) mass is 281 g/mol. The minimum Gasteiger partial charge on any atom is -0.494 e. The molecule has 19 heavy (non-hydrogen) atoms. The summed E-state index contributed by atoms with van der Waals surface area (Å²) in [5, 5.41) is 0. The average molecular weight is 281 g/mol. The quantitative estimate of drug-likeness (QED) is 0.919. The second kappa shape index (κ2) is 4.92. The third kappa shape index (κ3) is 2.14. The van der Waals surface area contributed by atoms with E-state index in [-0.39, 0.29) is 5.75 Å². The van der Waals surface area contributed by atoms with Crippen LogP contribution in [0.2, 0.25) is 0 Å². The Morgan fingerprint density at radius 1 is 1.53 bits per heavy atom. The van der Waals surface area contributed by atoms with Crippen molar-refractivity contribution in [3.63, 3.8) is 0 Å². The summed E-state index contributed by atoms with van der Waals surface area (Å²) in [6.45, 7) is 0. The maximum atomic E-state index is 13.7. The minimum absolute atomic E-state index is 0.233. The van der Waals surface area contributed by atoms with Crippen LogP contribution in [-0.2, 0) is 0 Å². The molecule has 6 heteroatoms. The Balaban J connectivity index is 2.14. The predicted molar refractivity (Wildman–Crippen MR) is 76.3 cm³/mol. The number of thioether (sulfide) groups is 1. The number of benzene rings is 1. The Hall–Kier alpha value is -1.43. The number of fused-ring (bicyclic) bond motifs is 1. The van der Waals surface area contributed by atoms with Crippen LogP contribution in [0.1, 0.15) is 18.9 Å². The van der Waals surface area contributed by atoms with E-state index >= 15 is 0 Å². The second-order valence-electron chi connectivity index (χ2n) is 4.69. The van der Waals surface area contributed by atoms with Gasteiger partial charge in [-0.05, 0) is 18.6 Å². The largest absolute Gasteiger partial charge is 0.494 e. The Kier molecular flexibility index (Phi) is 3.26. The number of methoxy groups -OCH3 is 1. The summed E-state index contributed by atoms with van der Waals surface area (Å²) in [5.74, 6) is 2.50. The maximum absolute atomic E-state index is 13.7. The van der Waals surface area contributed by atoms with E-state index in [2.05, 4.69) is 4.98 Å². The minimum atomic E-state index is -0.405. The molecule has 1 fully saturated rings. The van der Waals surface area contributed by atoms with Gasteiger partial charge in [-0.3, -0.25) is 0 Å². The number of hydrogen-bond acceptors (Lipinski definition) is 4. The fourth-order valence-electron chi connectivity index (χ4n) is 2.58. The van der Waals surface area contributed by atoms with Gasteiger partial charge in [-0.15, -0.1) is 0 Å². The molecule has 1 aliphatic rings. The van der Waals surface area contributed by atoms with Gasteiger partial charge in [-0.25, -0.2) is 9.37 Å². The summed E-state index contributed by atoms with van der Waals surface area (Å²) in [6.07, 6.45) is 2.26. The van der Waals surface area contributed by atoms with Crippen LogP contribution >= 0.6 is 11.8 Å². The first-order valence-electron chi connectivity index (χ1n) is 6.29. The van der Waals surface area contributed by atoms with Crippen LogP contribution < -0.4 is 10.5 Å². The van der Waals surface area contributed by atoms with E-state index in [1.807, 2.05) is 16.3 Å². The molecule has 2 heterocycles. The second-order valence-corrected chi connectivity index (χ2v) is 5.84. The molecule has 1 aliphatic heterocycles. The van der Waals surface area contributed by atoms with Crippen LogP contribution in [0.25, 0.3) is 11.0 Å². The van der Waals surface area contributed by atoms with Crippen LogP contribution in [0.4, 0.5) is 10.3 Å². The number of ether oxygens (including phenoxy) is 1. The summed E-state index contributed by atoms with van der Waals surface area (Å²) >= 11 is 1.92.